The number of amides is 1. The summed E-state index contributed by atoms with van der Waals surface area (Å²) in [5.74, 6) is 0.0410. The van der Waals surface area contributed by atoms with Crippen LogP contribution in [-0.4, -0.2) is 39.9 Å². The van der Waals surface area contributed by atoms with Crippen LogP contribution in [0, 0.1) is 0 Å². The van der Waals surface area contributed by atoms with Crippen LogP contribution < -0.4 is 5.73 Å². The lowest BCUT2D eigenvalue weighted by Crippen LogP contribution is -2.50. The summed E-state index contributed by atoms with van der Waals surface area (Å²) >= 11 is 12.7. The Labute approximate surface area is 133 Å². The van der Waals surface area contributed by atoms with Crippen molar-refractivity contribution in [3.8, 4) is 0 Å². The van der Waals surface area contributed by atoms with Gasteiger partial charge in [0.1, 0.15) is 0 Å². The number of thioether (sulfide) groups is 1. The zero-order chi connectivity index (χ0) is 14.8. The summed E-state index contributed by atoms with van der Waals surface area (Å²) in [4.78, 5) is 14.8. The Morgan fingerprint density at radius 1 is 1.35 bits per heavy atom. The van der Waals surface area contributed by atoms with Gasteiger partial charge >= 0.3 is 0 Å². The molecule has 1 amide bonds. The van der Waals surface area contributed by atoms with Gasteiger partial charge in [0.2, 0.25) is 0 Å². The zero-order valence-corrected chi connectivity index (χ0v) is 13.7. The fraction of sp³-hybridized carbons (Fsp3) is 0.429. The van der Waals surface area contributed by atoms with E-state index in [1.165, 1.54) is 0 Å². The van der Waals surface area contributed by atoms with Crippen molar-refractivity contribution in [2.45, 2.75) is 17.6 Å². The number of carbonyl (C=O) groups excluding carboxylic acids is 1. The molecule has 0 unspecified atom stereocenters. The number of hydrogen-bond acceptors (Lipinski definition) is 3. The number of piperidine rings is 1. The van der Waals surface area contributed by atoms with Crippen LogP contribution in [0.15, 0.2) is 24.3 Å². The highest BCUT2D eigenvalue weighted by Crippen LogP contribution is 2.35. The molecule has 0 spiro atoms. The van der Waals surface area contributed by atoms with Crippen molar-refractivity contribution >= 4 is 46.5 Å². The van der Waals surface area contributed by atoms with Gasteiger partial charge in [-0.1, -0.05) is 23.8 Å². The standard InChI is InChI=1S/C14H17ClN2OS2/c1-20-14(13(16)19)6-8-17(9-7-14)12(18)10-2-4-11(15)5-3-10/h2-5H,6-9H2,1H3,(H2,16,19). The lowest BCUT2D eigenvalue weighted by molar-refractivity contribution is 0.0719. The molecule has 1 saturated heterocycles. The first-order chi connectivity index (χ1) is 9.48. The molecule has 1 fully saturated rings. The molecule has 1 aliphatic heterocycles. The Balaban J connectivity index is 2.05. The summed E-state index contributed by atoms with van der Waals surface area (Å²) in [6.07, 6.45) is 3.64. The predicted octanol–water partition coefficient (Wildman–Crippen LogP) is 2.96. The van der Waals surface area contributed by atoms with E-state index in [2.05, 4.69) is 0 Å². The third-order valence-electron chi connectivity index (χ3n) is 3.79. The number of halogens is 1. The largest absolute Gasteiger partial charge is 0.392 e. The van der Waals surface area contributed by atoms with Gasteiger partial charge in [0.05, 0.1) is 9.74 Å². The van der Waals surface area contributed by atoms with Crippen molar-refractivity contribution in [2.24, 2.45) is 5.73 Å². The number of likely N-dealkylation sites (tertiary alicyclic amines) is 1. The van der Waals surface area contributed by atoms with Gasteiger partial charge in [0, 0.05) is 23.7 Å². The quantitative estimate of drug-likeness (QED) is 0.867. The van der Waals surface area contributed by atoms with Gasteiger partial charge in [-0.15, -0.1) is 0 Å². The van der Waals surface area contributed by atoms with Crippen LogP contribution in [0.25, 0.3) is 0 Å². The topological polar surface area (TPSA) is 46.3 Å². The number of nitrogens with two attached hydrogens (primary N) is 1. The summed E-state index contributed by atoms with van der Waals surface area (Å²) in [7, 11) is 0. The number of benzene rings is 1. The van der Waals surface area contributed by atoms with Crippen LogP contribution in [0.3, 0.4) is 0 Å². The Bertz CT molecular complexity index is 510. The van der Waals surface area contributed by atoms with E-state index in [0.717, 1.165) is 12.8 Å². The van der Waals surface area contributed by atoms with Crippen molar-refractivity contribution in [1.82, 2.24) is 4.90 Å². The second kappa shape index (κ2) is 6.33. The summed E-state index contributed by atoms with van der Waals surface area (Å²) in [5, 5.41) is 0.634. The highest BCUT2D eigenvalue weighted by atomic mass is 35.5. The monoisotopic (exact) mass is 328 g/mol. The van der Waals surface area contributed by atoms with E-state index in [4.69, 9.17) is 29.6 Å². The second-order valence-electron chi connectivity index (χ2n) is 4.86. The van der Waals surface area contributed by atoms with Gasteiger partial charge in [0.25, 0.3) is 5.91 Å². The fourth-order valence-electron chi connectivity index (χ4n) is 2.40. The van der Waals surface area contributed by atoms with Crippen LogP contribution >= 0.6 is 35.6 Å². The molecule has 0 aromatic heterocycles. The molecule has 1 aromatic carbocycles. The molecule has 3 nitrogen and oxygen atoms in total. The molecule has 108 valence electrons. The van der Waals surface area contributed by atoms with Gasteiger partial charge in [-0.2, -0.15) is 11.8 Å². The Hall–Kier alpha value is -0.780. The highest BCUT2D eigenvalue weighted by molar-refractivity contribution is 8.02. The SMILES string of the molecule is CSC1(C(N)=S)CCN(C(=O)c2ccc(Cl)cc2)CC1. The third-order valence-corrected chi connectivity index (χ3v) is 5.97. The molecular formula is C14H17ClN2OS2. The van der Waals surface area contributed by atoms with E-state index >= 15 is 0 Å². The number of carbonyl (C=O) groups is 1. The molecule has 1 aromatic rings. The van der Waals surface area contributed by atoms with Crippen LogP contribution in [0.2, 0.25) is 5.02 Å². The minimum absolute atomic E-state index is 0.0410. The van der Waals surface area contributed by atoms with Crippen molar-refractivity contribution in [3.05, 3.63) is 34.9 Å². The average molecular weight is 329 g/mol. The van der Waals surface area contributed by atoms with Crippen molar-refractivity contribution in [2.75, 3.05) is 19.3 Å². The van der Waals surface area contributed by atoms with E-state index in [9.17, 15) is 4.79 Å². The fourth-order valence-corrected chi connectivity index (χ4v) is 3.77. The van der Waals surface area contributed by atoms with Crippen molar-refractivity contribution in [1.29, 1.82) is 0 Å². The smallest absolute Gasteiger partial charge is 0.253 e. The molecular weight excluding hydrogens is 312 g/mol. The van der Waals surface area contributed by atoms with Crippen LogP contribution in [0.1, 0.15) is 23.2 Å². The van der Waals surface area contributed by atoms with E-state index in [1.807, 2.05) is 11.2 Å². The molecule has 1 heterocycles. The number of hydrogen-bond donors (Lipinski definition) is 1. The molecule has 0 aliphatic carbocycles. The Morgan fingerprint density at radius 2 is 1.90 bits per heavy atom. The summed E-state index contributed by atoms with van der Waals surface area (Å²) in [6, 6.07) is 6.99. The van der Waals surface area contributed by atoms with E-state index in [-0.39, 0.29) is 10.7 Å². The van der Waals surface area contributed by atoms with Crippen molar-refractivity contribution in [3.63, 3.8) is 0 Å². The maximum absolute atomic E-state index is 12.4. The molecule has 2 N–H and O–H groups in total. The zero-order valence-electron chi connectivity index (χ0n) is 11.3. The average Bonchev–Trinajstić information content (AvgIpc) is 2.47. The third kappa shape index (κ3) is 3.10. The Morgan fingerprint density at radius 3 is 2.35 bits per heavy atom. The highest BCUT2D eigenvalue weighted by Gasteiger charge is 2.37. The number of nitrogens with zero attached hydrogens (tertiary/aromatic N) is 1. The van der Waals surface area contributed by atoms with Gasteiger partial charge in [-0.3, -0.25) is 4.79 Å². The number of rotatable bonds is 3. The molecule has 2 rings (SSSR count). The molecule has 0 bridgehead atoms. The molecule has 0 saturated carbocycles. The lowest BCUT2D eigenvalue weighted by Gasteiger charge is -2.40. The van der Waals surface area contributed by atoms with E-state index in [1.54, 1.807) is 36.0 Å². The maximum Gasteiger partial charge on any atom is 0.253 e. The number of thiocarbonyl (C=S) groups is 1. The first-order valence-electron chi connectivity index (χ1n) is 6.38. The van der Waals surface area contributed by atoms with Crippen LogP contribution in [0.4, 0.5) is 0 Å². The second-order valence-corrected chi connectivity index (χ2v) is 6.93. The van der Waals surface area contributed by atoms with Gasteiger partial charge < -0.3 is 10.6 Å². The van der Waals surface area contributed by atoms with Crippen molar-refractivity contribution < 1.29 is 4.79 Å². The molecule has 20 heavy (non-hydrogen) atoms. The molecule has 1 aliphatic rings. The minimum atomic E-state index is -0.161. The first kappa shape index (κ1) is 15.6. The molecule has 0 atom stereocenters. The van der Waals surface area contributed by atoms with E-state index < -0.39 is 0 Å². The summed E-state index contributed by atoms with van der Waals surface area (Å²) in [6.45, 7) is 1.36. The summed E-state index contributed by atoms with van der Waals surface area (Å²) < 4.78 is -0.161. The van der Waals surface area contributed by atoms with Gasteiger partial charge in [0.15, 0.2) is 0 Å². The maximum atomic E-state index is 12.4. The molecule has 6 heteroatoms. The predicted molar refractivity (Wildman–Crippen MR) is 89.6 cm³/mol. The Kier molecular flexibility index (Phi) is 4.94. The van der Waals surface area contributed by atoms with Crippen LogP contribution in [0.5, 0.6) is 0 Å². The lowest BCUT2D eigenvalue weighted by atomic mass is 9.95. The normalized spacial score (nSPS) is 17.8. The molecule has 0 radical (unpaired) electrons. The summed E-state index contributed by atoms with van der Waals surface area (Å²) in [5.41, 5.74) is 6.52. The van der Waals surface area contributed by atoms with Gasteiger partial charge in [-0.25, -0.2) is 0 Å². The minimum Gasteiger partial charge on any atom is -0.392 e. The van der Waals surface area contributed by atoms with Gasteiger partial charge in [-0.05, 0) is 43.4 Å². The van der Waals surface area contributed by atoms with E-state index in [0.29, 0.717) is 28.7 Å². The first-order valence-corrected chi connectivity index (χ1v) is 8.39. The van der Waals surface area contributed by atoms with Crippen LogP contribution in [-0.2, 0) is 0 Å².